The molecular weight excluding hydrogens is 399 g/mol. The maximum absolute atomic E-state index is 13.3. The fraction of sp³-hybridized carbons (Fsp3) is 0.522. The van der Waals surface area contributed by atoms with Gasteiger partial charge in [0.15, 0.2) is 5.78 Å². The molecule has 3 rings (SSSR count). The number of nitrogens with two attached hydrogens (primary N) is 1. The third-order valence-electron chi connectivity index (χ3n) is 6.10. The van der Waals surface area contributed by atoms with Gasteiger partial charge in [-0.05, 0) is 49.9 Å². The molecule has 0 amide bonds. The van der Waals surface area contributed by atoms with Crippen LogP contribution in [0.25, 0.3) is 0 Å². The summed E-state index contributed by atoms with van der Waals surface area (Å²) < 4.78 is 15.5. The second-order valence-electron chi connectivity index (χ2n) is 8.51. The number of hydrogen-bond acceptors (Lipinski definition) is 5. The number of ketones is 1. The fourth-order valence-electron chi connectivity index (χ4n) is 4.41. The minimum atomic E-state index is -0.650. The second kappa shape index (κ2) is 9.60. The third kappa shape index (κ3) is 4.79. The lowest BCUT2D eigenvalue weighted by Crippen LogP contribution is -2.48. The van der Waals surface area contributed by atoms with Gasteiger partial charge in [0.1, 0.15) is 17.2 Å². The van der Waals surface area contributed by atoms with Crippen LogP contribution in [-0.2, 0) is 13.1 Å². The van der Waals surface area contributed by atoms with Crippen molar-refractivity contribution in [3.8, 4) is 0 Å². The molecule has 0 spiro atoms. The van der Waals surface area contributed by atoms with E-state index in [9.17, 15) is 18.8 Å². The fourth-order valence-corrected chi connectivity index (χ4v) is 4.41. The van der Waals surface area contributed by atoms with Gasteiger partial charge in [-0.3, -0.25) is 23.6 Å². The highest BCUT2D eigenvalue weighted by Crippen LogP contribution is 2.23. The highest BCUT2D eigenvalue weighted by Gasteiger charge is 2.29. The number of aromatic nitrogens is 2. The SMILES string of the molecule is CCn1c(=O)c(C(=O)CN2CCCCC2C(C)C)c(N)n(Cc2ccc(F)cc2)c1=O. The van der Waals surface area contributed by atoms with E-state index >= 15 is 0 Å². The molecule has 1 aromatic carbocycles. The number of anilines is 1. The molecule has 2 heterocycles. The molecule has 8 heteroatoms. The smallest absolute Gasteiger partial charge is 0.332 e. The first kappa shape index (κ1) is 22.9. The molecule has 31 heavy (non-hydrogen) atoms. The van der Waals surface area contributed by atoms with Crippen LogP contribution in [0.15, 0.2) is 33.9 Å². The zero-order valence-corrected chi connectivity index (χ0v) is 18.4. The van der Waals surface area contributed by atoms with Gasteiger partial charge in [-0.1, -0.05) is 32.4 Å². The Morgan fingerprint density at radius 3 is 2.45 bits per heavy atom. The molecule has 0 radical (unpaired) electrons. The molecule has 1 aromatic heterocycles. The number of Topliss-reactive ketones (excluding diaryl/α,β-unsaturated/α-hetero) is 1. The van der Waals surface area contributed by atoms with Crippen molar-refractivity contribution >= 4 is 11.6 Å². The van der Waals surface area contributed by atoms with Crippen LogP contribution in [-0.4, -0.2) is 38.9 Å². The summed E-state index contributed by atoms with van der Waals surface area (Å²) in [6, 6.07) is 5.95. The van der Waals surface area contributed by atoms with Crippen molar-refractivity contribution in [3.05, 3.63) is 62.0 Å². The highest BCUT2D eigenvalue weighted by molar-refractivity contribution is 6.01. The van der Waals surface area contributed by atoms with Gasteiger partial charge in [0, 0.05) is 12.6 Å². The van der Waals surface area contributed by atoms with E-state index in [2.05, 4.69) is 18.7 Å². The van der Waals surface area contributed by atoms with Crippen molar-refractivity contribution in [1.29, 1.82) is 0 Å². The van der Waals surface area contributed by atoms with Crippen LogP contribution in [0.2, 0.25) is 0 Å². The van der Waals surface area contributed by atoms with E-state index in [0.717, 1.165) is 30.4 Å². The number of hydrogen-bond donors (Lipinski definition) is 1. The van der Waals surface area contributed by atoms with Crippen LogP contribution in [0.1, 0.15) is 56.0 Å². The zero-order chi connectivity index (χ0) is 22.7. The predicted molar refractivity (Wildman–Crippen MR) is 119 cm³/mol. The Morgan fingerprint density at radius 2 is 1.84 bits per heavy atom. The van der Waals surface area contributed by atoms with Crippen molar-refractivity contribution in [3.63, 3.8) is 0 Å². The van der Waals surface area contributed by atoms with E-state index in [0.29, 0.717) is 11.5 Å². The summed E-state index contributed by atoms with van der Waals surface area (Å²) in [4.78, 5) is 41.2. The van der Waals surface area contributed by atoms with Crippen molar-refractivity contribution < 1.29 is 9.18 Å². The molecule has 2 N–H and O–H groups in total. The summed E-state index contributed by atoms with van der Waals surface area (Å²) in [6.45, 7) is 7.01. The molecular formula is C23H31FN4O3. The summed E-state index contributed by atoms with van der Waals surface area (Å²) in [7, 11) is 0. The first-order valence-electron chi connectivity index (χ1n) is 10.9. The Kier molecular flexibility index (Phi) is 7.10. The number of nitrogen functional groups attached to an aromatic ring is 1. The Hall–Kier alpha value is -2.74. The Balaban J connectivity index is 2.01. The van der Waals surface area contributed by atoms with Gasteiger partial charge in [0.2, 0.25) is 0 Å². The maximum atomic E-state index is 13.3. The molecule has 0 aliphatic carbocycles. The minimum Gasteiger partial charge on any atom is -0.384 e. The van der Waals surface area contributed by atoms with Crippen LogP contribution in [0.4, 0.5) is 10.2 Å². The predicted octanol–water partition coefficient (Wildman–Crippen LogP) is 2.49. The molecule has 1 unspecified atom stereocenters. The van der Waals surface area contributed by atoms with Gasteiger partial charge in [-0.15, -0.1) is 0 Å². The van der Waals surface area contributed by atoms with E-state index in [1.54, 1.807) is 19.1 Å². The van der Waals surface area contributed by atoms with E-state index in [1.165, 1.54) is 16.7 Å². The Labute approximate surface area is 181 Å². The number of benzene rings is 1. The summed E-state index contributed by atoms with van der Waals surface area (Å²) in [6.07, 6.45) is 3.15. The van der Waals surface area contributed by atoms with E-state index in [-0.39, 0.29) is 48.7 Å². The van der Waals surface area contributed by atoms with Crippen LogP contribution in [0.3, 0.4) is 0 Å². The monoisotopic (exact) mass is 430 g/mol. The van der Waals surface area contributed by atoms with Crippen molar-refractivity contribution in [1.82, 2.24) is 14.0 Å². The van der Waals surface area contributed by atoms with Gasteiger partial charge in [0.25, 0.3) is 5.56 Å². The standard InChI is InChI=1S/C23H31FN4O3/c1-4-27-22(30)20(19(29)14-26-12-6-5-7-18(26)15(2)3)21(25)28(23(27)31)13-16-8-10-17(24)11-9-16/h8-11,15,18H,4-7,12-14,25H2,1-3H3. The molecule has 7 nitrogen and oxygen atoms in total. The number of carbonyl (C=O) groups excluding carboxylic acids is 1. The molecule has 1 fully saturated rings. The molecule has 1 saturated heterocycles. The summed E-state index contributed by atoms with van der Waals surface area (Å²) in [5, 5.41) is 0. The van der Waals surface area contributed by atoms with Gasteiger partial charge >= 0.3 is 5.69 Å². The maximum Gasteiger partial charge on any atom is 0.332 e. The van der Waals surface area contributed by atoms with Crippen molar-refractivity contribution in [2.45, 2.75) is 59.2 Å². The van der Waals surface area contributed by atoms with Gasteiger partial charge < -0.3 is 5.73 Å². The number of piperidine rings is 1. The zero-order valence-electron chi connectivity index (χ0n) is 18.4. The lowest BCUT2D eigenvalue weighted by atomic mass is 9.92. The van der Waals surface area contributed by atoms with Crippen LogP contribution < -0.4 is 17.0 Å². The van der Waals surface area contributed by atoms with Crippen LogP contribution in [0, 0.1) is 11.7 Å². The first-order chi connectivity index (χ1) is 14.7. The summed E-state index contributed by atoms with van der Waals surface area (Å²) >= 11 is 0. The first-order valence-corrected chi connectivity index (χ1v) is 10.9. The number of halogens is 1. The Bertz CT molecular complexity index is 1060. The second-order valence-corrected chi connectivity index (χ2v) is 8.51. The molecule has 0 saturated carbocycles. The van der Waals surface area contributed by atoms with E-state index < -0.39 is 11.2 Å². The largest absolute Gasteiger partial charge is 0.384 e. The normalized spacial score (nSPS) is 17.3. The van der Waals surface area contributed by atoms with Gasteiger partial charge in [-0.2, -0.15) is 0 Å². The highest BCUT2D eigenvalue weighted by atomic mass is 19.1. The number of carbonyl (C=O) groups is 1. The van der Waals surface area contributed by atoms with Gasteiger partial charge in [-0.25, -0.2) is 9.18 Å². The number of likely N-dealkylation sites (tertiary alicyclic amines) is 1. The number of rotatable bonds is 7. The summed E-state index contributed by atoms with van der Waals surface area (Å²) in [5.74, 6) is -0.498. The quantitative estimate of drug-likeness (QED) is 0.682. The Morgan fingerprint density at radius 1 is 1.16 bits per heavy atom. The average molecular weight is 431 g/mol. The summed E-state index contributed by atoms with van der Waals surface area (Å²) in [5.41, 5.74) is 5.50. The third-order valence-corrected chi connectivity index (χ3v) is 6.10. The average Bonchev–Trinajstić information content (AvgIpc) is 2.73. The molecule has 1 aliphatic rings. The van der Waals surface area contributed by atoms with Crippen molar-refractivity contribution in [2.75, 3.05) is 18.8 Å². The topological polar surface area (TPSA) is 90.3 Å². The lowest BCUT2D eigenvalue weighted by Gasteiger charge is -2.37. The molecule has 2 aromatic rings. The van der Waals surface area contributed by atoms with Gasteiger partial charge in [0.05, 0.1) is 13.1 Å². The van der Waals surface area contributed by atoms with E-state index in [4.69, 9.17) is 5.73 Å². The van der Waals surface area contributed by atoms with E-state index in [1.807, 2.05) is 0 Å². The molecule has 1 aliphatic heterocycles. The molecule has 168 valence electrons. The number of nitrogens with zero attached hydrogens (tertiary/aromatic N) is 3. The molecule has 0 bridgehead atoms. The van der Waals surface area contributed by atoms with Crippen LogP contribution >= 0.6 is 0 Å². The van der Waals surface area contributed by atoms with Crippen LogP contribution in [0.5, 0.6) is 0 Å². The van der Waals surface area contributed by atoms with Crippen molar-refractivity contribution in [2.24, 2.45) is 5.92 Å². The molecule has 1 atom stereocenters. The minimum absolute atomic E-state index is 0.0455. The lowest BCUT2D eigenvalue weighted by molar-refractivity contribution is 0.0770.